The number of rotatable bonds is 20. The van der Waals surface area contributed by atoms with Crippen LogP contribution in [0.3, 0.4) is 0 Å². The van der Waals surface area contributed by atoms with Gasteiger partial charge in [0.15, 0.2) is 0 Å². The Hall–Kier alpha value is -3.55. The second-order valence-corrected chi connectivity index (χ2v) is 15.8. The van der Waals surface area contributed by atoms with Gasteiger partial charge in [-0.15, -0.1) is 0 Å². The van der Waals surface area contributed by atoms with Crippen LogP contribution in [0.25, 0.3) is 0 Å². The molecule has 4 N–H and O–H groups in total. The second-order valence-electron chi connectivity index (χ2n) is 15.8. The predicted molar refractivity (Wildman–Crippen MR) is 203 cm³/mol. The van der Waals surface area contributed by atoms with Crippen molar-refractivity contribution in [2.75, 3.05) is 34.9 Å². The van der Waals surface area contributed by atoms with Crippen LogP contribution in [0.4, 0.5) is 0 Å². The van der Waals surface area contributed by atoms with Crippen molar-refractivity contribution in [1.29, 1.82) is 0 Å². The number of carbonyl (C=O) groups is 5. The molecule has 53 heavy (non-hydrogen) atoms. The van der Waals surface area contributed by atoms with Gasteiger partial charge in [0.1, 0.15) is 11.6 Å². The zero-order chi connectivity index (χ0) is 39.8. The standard InChI is InChI=1S/C40H65N5O8/c1-12-25(6)34(44(9)38(49)33(24(4)5)42-37(48)32(41-8)23(2)3)30(52-10)21-31(46)45-20-16-19-29(45)35(53-11)26(7)36(47)43-40(39(50)51)22-28(40)27-17-14-13-15-18-27/h13-15,17-18,23-26,28-30,32-35,41H,12,16,19-22H2,1-11H3,(H,42,48)(H,43,47)(H,50,51)/t25?,26?,28-,29+,30?,32?,33?,34?,35?,40+/m1/s1. The number of hydrogen-bond acceptors (Lipinski definition) is 8. The molecule has 1 saturated carbocycles. The number of benzene rings is 1. The number of amides is 4. The van der Waals surface area contributed by atoms with Crippen molar-refractivity contribution in [2.24, 2.45) is 23.7 Å². The molecule has 10 atom stereocenters. The van der Waals surface area contributed by atoms with Gasteiger partial charge in [-0.3, -0.25) is 19.2 Å². The van der Waals surface area contributed by atoms with Gasteiger partial charge in [-0.05, 0) is 49.6 Å². The van der Waals surface area contributed by atoms with Crippen LogP contribution in [0.15, 0.2) is 30.3 Å². The SMILES string of the molecule is CCC(C)C(C(CC(=O)N1CCC[C@H]1C(OC)C(C)C(=O)N[C@@]1(C(=O)O)C[C@@H]1c1ccccc1)OC)N(C)C(=O)C(NC(=O)C(NC)C(C)C)C(C)C. The summed E-state index contributed by atoms with van der Waals surface area (Å²) in [6.07, 6.45) is 0.997. The van der Waals surface area contributed by atoms with Gasteiger partial charge in [-0.1, -0.05) is 85.2 Å². The van der Waals surface area contributed by atoms with E-state index >= 15 is 0 Å². The van der Waals surface area contributed by atoms with Crippen molar-refractivity contribution in [3.8, 4) is 0 Å². The van der Waals surface area contributed by atoms with Crippen molar-refractivity contribution in [3.05, 3.63) is 35.9 Å². The summed E-state index contributed by atoms with van der Waals surface area (Å²) in [5.74, 6) is -3.50. The molecule has 1 aromatic rings. The molecule has 1 saturated heterocycles. The number of nitrogens with zero attached hydrogens (tertiary/aromatic N) is 2. The molecule has 13 nitrogen and oxygen atoms in total. The molecule has 0 radical (unpaired) electrons. The Labute approximate surface area is 316 Å². The molecule has 0 spiro atoms. The third-order valence-corrected chi connectivity index (χ3v) is 11.6. The Morgan fingerprint density at radius 3 is 2.09 bits per heavy atom. The number of likely N-dealkylation sites (tertiary alicyclic amines) is 1. The van der Waals surface area contributed by atoms with E-state index in [1.165, 1.54) is 14.2 Å². The van der Waals surface area contributed by atoms with E-state index in [1.807, 2.05) is 71.9 Å². The van der Waals surface area contributed by atoms with Gasteiger partial charge in [0, 0.05) is 33.7 Å². The van der Waals surface area contributed by atoms with Crippen molar-refractivity contribution in [2.45, 2.75) is 128 Å². The largest absolute Gasteiger partial charge is 0.479 e. The molecule has 1 aromatic carbocycles. The van der Waals surface area contributed by atoms with E-state index in [-0.39, 0.29) is 47.8 Å². The van der Waals surface area contributed by atoms with Crippen molar-refractivity contribution in [3.63, 3.8) is 0 Å². The summed E-state index contributed by atoms with van der Waals surface area (Å²) in [4.78, 5) is 71.0. The molecule has 13 heteroatoms. The minimum Gasteiger partial charge on any atom is -0.479 e. The third kappa shape index (κ3) is 9.96. The van der Waals surface area contributed by atoms with E-state index in [1.54, 1.807) is 30.8 Å². The zero-order valence-corrected chi connectivity index (χ0v) is 33.7. The fraction of sp³-hybridized carbons (Fsp3) is 0.725. The molecule has 1 aliphatic heterocycles. The highest BCUT2D eigenvalue weighted by Gasteiger charge is 2.62. The second kappa shape index (κ2) is 19.2. The molecule has 3 rings (SSSR count). The van der Waals surface area contributed by atoms with Gasteiger partial charge in [0.2, 0.25) is 23.6 Å². The number of carbonyl (C=O) groups excluding carboxylic acids is 4. The van der Waals surface area contributed by atoms with E-state index in [9.17, 15) is 29.1 Å². The molecule has 2 fully saturated rings. The summed E-state index contributed by atoms with van der Waals surface area (Å²) in [7, 11) is 6.48. The summed E-state index contributed by atoms with van der Waals surface area (Å²) in [5, 5.41) is 19.0. The fourth-order valence-electron chi connectivity index (χ4n) is 8.16. The smallest absolute Gasteiger partial charge is 0.330 e. The number of ether oxygens (including phenoxy) is 2. The minimum atomic E-state index is -1.39. The normalized spacial score (nSPS) is 23.8. The molecule has 1 aliphatic carbocycles. The molecule has 0 aromatic heterocycles. The van der Waals surface area contributed by atoms with E-state index in [0.717, 1.165) is 12.0 Å². The van der Waals surface area contributed by atoms with Gasteiger partial charge < -0.3 is 40.3 Å². The molecular weight excluding hydrogens is 678 g/mol. The Morgan fingerprint density at radius 1 is 0.962 bits per heavy atom. The van der Waals surface area contributed by atoms with Crippen LogP contribution in [-0.4, -0.2) is 121 Å². The van der Waals surface area contributed by atoms with Crippen LogP contribution < -0.4 is 16.0 Å². The van der Waals surface area contributed by atoms with Crippen LogP contribution in [-0.2, 0) is 33.4 Å². The average Bonchev–Trinajstić information content (AvgIpc) is 3.66. The van der Waals surface area contributed by atoms with Gasteiger partial charge in [0.25, 0.3) is 0 Å². The number of likely N-dealkylation sites (N-methyl/N-ethyl adjacent to an activating group) is 2. The third-order valence-electron chi connectivity index (χ3n) is 11.6. The lowest BCUT2D eigenvalue weighted by Gasteiger charge is -2.41. The fourth-order valence-corrected chi connectivity index (χ4v) is 8.16. The number of carboxylic acid groups (broad SMARTS) is 1. The maximum absolute atomic E-state index is 14.2. The highest BCUT2D eigenvalue weighted by Crippen LogP contribution is 2.52. The molecular formula is C40H65N5O8. The number of nitrogens with one attached hydrogen (secondary N) is 3. The summed E-state index contributed by atoms with van der Waals surface area (Å²) >= 11 is 0. The molecule has 4 amide bonds. The first kappa shape index (κ1) is 43.9. The Morgan fingerprint density at radius 2 is 1.58 bits per heavy atom. The monoisotopic (exact) mass is 743 g/mol. The minimum absolute atomic E-state index is 0.00853. The molecule has 2 aliphatic rings. The van der Waals surface area contributed by atoms with E-state index in [0.29, 0.717) is 25.8 Å². The molecule has 0 bridgehead atoms. The number of carboxylic acids is 1. The van der Waals surface area contributed by atoms with Crippen LogP contribution >= 0.6 is 0 Å². The predicted octanol–water partition coefficient (Wildman–Crippen LogP) is 3.42. The zero-order valence-electron chi connectivity index (χ0n) is 33.7. The first-order chi connectivity index (χ1) is 25.0. The van der Waals surface area contributed by atoms with Gasteiger partial charge in [-0.25, -0.2) is 4.79 Å². The summed E-state index contributed by atoms with van der Waals surface area (Å²) in [6, 6.07) is 7.17. The van der Waals surface area contributed by atoms with E-state index < -0.39 is 59.7 Å². The first-order valence-electron chi connectivity index (χ1n) is 19.2. The van der Waals surface area contributed by atoms with Crippen LogP contribution in [0.5, 0.6) is 0 Å². The van der Waals surface area contributed by atoms with Crippen LogP contribution in [0, 0.1) is 23.7 Å². The quantitative estimate of drug-likeness (QED) is 0.157. The number of methoxy groups -OCH3 is 2. The lowest BCUT2D eigenvalue weighted by atomic mass is 9.89. The van der Waals surface area contributed by atoms with Crippen molar-refractivity contribution < 1.29 is 38.6 Å². The van der Waals surface area contributed by atoms with Gasteiger partial charge in [-0.2, -0.15) is 0 Å². The molecule has 7 unspecified atom stereocenters. The van der Waals surface area contributed by atoms with Crippen molar-refractivity contribution in [1.82, 2.24) is 25.8 Å². The Kier molecular flexibility index (Phi) is 15.9. The summed E-state index contributed by atoms with van der Waals surface area (Å²) in [6.45, 7) is 13.9. The Balaban J connectivity index is 1.78. The topological polar surface area (TPSA) is 167 Å². The number of aliphatic carboxylic acids is 1. The number of hydrogen-bond donors (Lipinski definition) is 4. The maximum Gasteiger partial charge on any atom is 0.330 e. The average molecular weight is 744 g/mol. The van der Waals surface area contributed by atoms with Crippen LogP contribution in [0.2, 0.25) is 0 Å². The van der Waals surface area contributed by atoms with E-state index in [2.05, 4.69) is 16.0 Å². The van der Waals surface area contributed by atoms with Crippen LogP contribution in [0.1, 0.15) is 92.1 Å². The van der Waals surface area contributed by atoms with E-state index in [4.69, 9.17) is 9.47 Å². The molecule has 298 valence electrons. The summed E-state index contributed by atoms with van der Waals surface area (Å²) in [5.41, 5.74) is -0.538. The molecule has 1 heterocycles. The lowest BCUT2D eigenvalue weighted by Crippen LogP contribution is -2.59. The highest BCUT2D eigenvalue weighted by atomic mass is 16.5. The first-order valence-corrected chi connectivity index (χ1v) is 19.2. The summed E-state index contributed by atoms with van der Waals surface area (Å²) < 4.78 is 11.9. The Bertz CT molecular complexity index is 1410. The maximum atomic E-state index is 14.2. The van der Waals surface area contributed by atoms with Gasteiger partial charge in [0.05, 0.1) is 42.7 Å². The highest BCUT2D eigenvalue weighted by molar-refractivity contribution is 5.93. The lowest BCUT2D eigenvalue weighted by molar-refractivity contribution is -0.148. The van der Waals surface area contributed by atoms with Crippen molar-refractivity contribution >= 4 is 29.6 Å². The van der Waals surface area contributed by atoms with Gasteiger partial charge >= 0.3 is 5.97 Å².